The smallest absolute Gasteiger partial charge is 0.355 e. The summed E-state index contributed by atoms with van der Waals surface area (Å²) in [6.45, 7) is -0.177. The summed E-state index contributed by atoms with van der Waals surface area (Å²) < 4.78 is 33.7. The van der Waals surface area contributed by atoms with Crippen LogP contribution < -0.4 is 21.7 Å². The maximum absolute atomic E-state index is 13.2. The summed E-state index contributed by atoms with van der Waals surface area (Å²) in [5.74, 6) is 0.137. The number of rotatable bonds is 6. The number of methoxy groups -OCH3 is 1. The van der Waals surface area contributed by atoms with Crippen LogP contribution >= 0.6 is 0 Å². The Balaban J connectivity index is 1.60. The standard InChI is InChI=1S/C24H19N3O6S/c1-33-18-11-12-21-20(13-18)22(28)27-24(30)25(23(29)26(21)27)14-16-7-5-6-8-17(16)15-34(31,32)19-9-3-2-4-10-19/h2-13H,14-15H2,1H3. The fraction of sp³-hybridized carbons (Fsp3) is 0.125. The predicted octanol–water partition coefficient (Wildman–Crippen LogP) is 1.54. The summed E-state index contributed by atoms with van der Waals surface area (Å²) in [7, 11) is -2.19. The minimum absolute atomic E-state index is 0.177. The molecule has 2 heterocycles. The van der Waals surface area contributed by atoms with Gasteiger partial charge in [-0.3, -0.25) is 4.79 Å². The van der Waals surface area contributed by atoms with Gasteiger partial charge in [0.1, 0.15) is 5.75 Å². The van der Waals surface area contributed by atoms with Crippen LogP contribution in [0.25, 0.3) is 10.9 Å². The van der Waals surface area contributed by atoms with Gasteiger partial charge in [-0.25, -0.2) is 22.6 Å². The molecule has 34 heavy (non-hydrogen) atoms. The highest BCUT2D eigenvalue weighted by molar-refractivity contribution is 7.90. The Bertz CT molecular complexity index is 1820. The molecule has 2 aromatic heterocycles. The SMILES string of the molecule is COc1ccc2c(c1)c(=O)n1c(=O)n(Cc3ccccc3CS(=O)(=O)c3ccccc3)c(=O)n21. The van der Waals surface area contributed by atoms with Gasteiger partial charge in [0.2, 0.25) is 0 Å². The van der Waals surface area contributed by atoms with E-state index < -0.39 is 26.8 Å². The van der Waals surface area contributed by atoms with Crippen molar-refractivity contribution in [2.45, 2.75) is 17.2 Å². The fourth-order valence-corrected chi connectivity index (χ4v) is 5.49. The third-order valence-electron chi connectivity index (χ3n) is 5.77. The Labute approximate surface area is 192 Å². The van der Waals surface area contributed by atoms with Crippen molar-refractivity contribution >= 4 is 20.7 Å². The first-order valence-electron chi connectivity index (χ1n) is 10.3. The third kappa shape index (κ3) is 3.39. The maximum Gasteiger partial charge on any atom is 0.355 e. The first-order valence-corrected chi connectivity index (χ1v) is 12.0. The van der Waals surface area contributed by atoms with Crippen LogP contribution in [0.1, 0.15) is 11.1 Å². The summed E-state index contributed by atoms with van der Waals surface area (Å²) in [6, 6.07) is 19.4. The summed E-state index contributed by atoms with van der Waals surface area (Å²) in [5.41, 5.74) is -0.880. The average Bonchev–Trinajstić information content (AvgIpc) is 3.27. The maximum atomic E-state index is 13.2. The monoisotopic (exact) mass is 477 g/mol. The molecule has 0 amide bonds. The lowest BCUT2D eigenvalue weighted by atomic mass is 10.1. The largest absolute Gasteiger partial charge is 0.497 e. The predicted molar refractivity (Wildman–Crippen MR) is 126 cm³/mol. The lowest BCUT2D eigenvalue weighted by Crippen LogP contribution is -2.31. The van der Waals surface area contributed by atoms with E-state index in [0.29, 0.717) is 16.9 Å². The highest BCUT2D eigenvalue weighted by Gasteiger charge is 2.22. The normalized spacial score (nSPS) is 11.9. The molecule has 0 saturated carbocycles. The van der Waals surface area contributed by atoms with E-state index in [-0.39, 0.29) is 28.1 Å². The van der Waals surface area contributed by atoms with E-state index in [1.807, 2.05) is 0 Å². The Morgan fingerprint density at radius 3 is 2.15 bits per heavy atom. The number of ether oxygens (including phenoxy) is 1. The zero-order valence-corrected chi connectivity index (χ0v) is 18.9. The molecule has 0 radical (unpaired) electrons. The molecular formula is C24H19N3O6S. The molecule has 5 aromatic rings. The molecule has 0 N–H and O–H groups in total. The number of hydrogen-bond acceptors (Lipinski definition) is 6. The lowest BCUT2D eigenvalue weighted by molar-refractivity contribution is 0.415. The van der Waals surface area contributed by atoms with Crippen molar-refractivity contribution in [2.24, 2.45) is 0 Å². The van der Waals surface area contributed by atoms with Crippen LogP contribution in [0.2, 0.25) is 0 Å². The molecule has 0 saturated heterocycles. The van der Waals surface area contributed by atoms with E-state index in [4.69, 9.17) is 4.74 Å². The van der Waals surface area contributed by atoms with E-state index in [0.717, 1.165) is 13.6 Å². The molecule has 172 valence electrons. The van der Waals surface area contributed by atoms with Crippen LogP contribution in [0.4, 0.5) is 0 Å². The fourth-order valence-electron chi connectivity index (χ4n) is 4.06. The van der Waals surface area contributed by atoms with Gasteiger partial charge in [0.15, 0.2) is 9.84 Å². The molecule has 0 aliphatic rings. The van der Waals surface area contributed by atoms with Crippen LogP contribution in [0.15, 0.2) is 92.1 Å². The number of benzene rings is 3. The van der Waals surface area contributed by atoms with Gasteiger partial charge in [-0.1, -0.05) is 42.5 Å². The van der Waals surface area contributed by atoms with Crippen LogP contribution in [0.3, 0.4) is 0 Å². The highest BCUT2D eigenvalue weighted by Crippen LogP contribution is 2.20. The summed E-state index contributed by atoms with van der Waals surface area (Å²) in [6.07, 6.45) is 0. The molecule has 10 heteroatoms. The second-order valence-corrected chi connectivity index (χ2v) is 9.79. The Morgan fingerprint density at radius 1 is 0.794 bits per heavy atom. The zero-order chi connectivity index (χ0) is 24.0. The summed E-state index contributed by atoms with van der Waals surface area (Å²) in [5, 5.41) is 0.190. The Morgan fingerprint density at radius 2 is 1.44 bits per heavy atom. The molecular weight excluding hydrogens is 458 g/mol. The molecule has 0 aliphatic carbocycles. The van der Waals surface area contributed by atoms with Gasteiger partial charge < -0.3 is 4.74 Å². The first-order chi connectivity index (χ1) is 16.3. The topological polar surface area (TPSA) is 108 Å². The van der Waals surface area contributed by atoms with Gasteiger partial charge in [-0.15, -0.1) is 0 Å². The van der Waals surface area contributed by atoms with Crippen molar-refractivity contribution in [3.63, 3.8) is 0 Å². The highest BCUT2D eigenvalue weighted by atomic mass is 32.2. The van der Waals surface area contributed by atoms with E-state index in [2.05, 4.69) is 0 Å². The van der Waals surface area contributed by atoms with Crippen LogP contribution in [-0.2, 0) is 22.1 Å². The third-order valence-corrected chi connectivity index (χ3v) is 7.46. The number of sulfone groups is 1. The van der Waals surface area contributed by atoms with Crippen LogP contribution in [0, 0.1) is 0 Å². The molecule has 5 rings (SSSR count). The molecule has 9 nitrogen and oxygen atoms in total. The van der Waals surface area contributed by atoms with Gasteiger partial charge in [-0.05, 0) is 41.5 Å². The number of nitrogens with zero attached hydrogens (tertiary/aromatic N) is 3. The molecule has 0 fully saturated rings. The van der Waals surface area contributed by atoms with Crippen molar-refractivity contribution in [2.75, 3.05) is 7.11 Å². The summed E-state index contributed by atoms with van der Waals surface area (Å²) >= 11 is 0. The number of aromatic nitrogens is 3. The molecule has 0 bridgehead atoms. The van der Waals surface area contributed by atoms with E-state index in [9.17, 15) is 22.8 Å². The first kappa shape index (κ1) is 21.7. The molecule has 0 aliphatic heterocycles. The second kappa shape index (κ2) is 7.99. The quantitative estimate of drug-likeness (QED) is 0.367. The van der Waals surface area contributed by atoms with Crippen LogP contribution in [0.5, 0.6) is 5.75 Å². The van der Waals surface area contributed by atoms with Crippen molar-refractivity contribution in [1.29, 1.82) is 0 Å². The Kier molecular flexibility index (Phi) is 5.09. The van der Waals surface area contributed by atoms with Gasteiger partial charge >= 0.3 is 11.4 Å². The minimum Gasteiger partial charge on any atom is -0.497 e. The average molecular weight is 477 g/mol. The van der Waals surface area contributed by atoms with Gasteiger partial charge in [-0.2, -0.15) is 9.03 Å². The van der Waals surface area contributed by atoms with E-state index >= 15 is 0 Å². The summed E-state index contributed by atoms with van der Waals surface area (Å²) in [4.78, 5) is 39.3. The molecule has 0 unspecified atom stereocenters. The van der Waals surface area contributed by atoms with Crippen molar-refractivity contribution < 1.29 is 13.2 Å². The van der Waals surface area contributed by atoms with Crippen LogP contribution in [-0.4, -0.2) is 29.1 Å². The molecule has 0 atom stereocenters. The Hall–Kier alpha value is -4.18. The minimum atomic E-state index is -3.64. The van der Waals surface area contributed by atoms with Crippen molar-refractivity contribution in [3.05, 3.63) is 115 Å². The molecule has 3 aromatic carbocycles. The van der Waals surface area contributed by atoms with Crippen molar-refractivity contribution in [1.82, 2.24) is 13.6 Å². The molecule has 0 spiro atoms. The van der Waals surface area contributed by atoms with E-state index in [1.165, 1.54) is 25.3 Å². The van der Waals surface area contributed by atoms with Gasteiger partial charge in [0, 0.05) is 0 Å². The second-order valence-electron chi connectivity index (χ2n) is 7.80. The van der Waals surface area contributed by atoms with Gasteiger partial charge in [0.25, 0.3) is 5.56 Å². The van der Waals surface area contributed by atoms with E-state index in [1.54, 1.807) is 54.6 Å². The van der Waals surface area contributed by atoms with Crippen molar-refractivity contribution in [3.8, 4) is 5.75 Å². The van der Waals surface area contributed by atoms with Gasteiger partial charge in [0.05, 0.1) is 35.2 Å². The lowest BCUT2D eigenvalue weighted by Gasteiger charge is -2.10. The number of hydrogen-bond donors (Lipinski definition) is 0. The number of fused-ring (bicyclic) bond motifs is 3. The zero-order valence-electron chi connectivity index (χ0n) is 18.0.